The molecule has 3 aliphatic rings. The average Bonchev–Trinajstić information content (AvgIpc) is 3.44. The Balaban J connectivity index is 1.47. The van der Waals surface area contributed by atoms with Crippen LogP contribution in [-0.2, 0) is 6.54 Å². The maximum absolute atomic E-state index is 13.1. The molecule has 2 aromatic heterocycles. The largest absolute Gasteiger partial charge is 0.396 e. The summed E-state index contributed by atoms with van der Waals surface area (Å²) in [5, 5.41) is 10.0. The molecule has 1 aliphatic carbocycles. The molecule has 27 heavy (non-hydrogen) atoms. The van der Waals surface area contributed by atoms with E-state index in [2.05, 4.69) is 9.30 Å². The quantitative estimate of drug-likeness (QED) is 0.898. The number of imidazole rings is 1. The van der Waals surface area contributed by atoms with E-state index >= 15 is 0 Å². The molecule has 1 saturated carbocycles. The Morgan fingerprint density at radius 3 is 2.89 bits per heavy atom. The zero-order valence-electron chi connectivity index (χ0n) is 15.8. The second-order valence-electron chi connectivity index (χ2n) is 8.61. The number of hydrogen-bond donors (Lipinski definition) is 1. The first-order chi connectivity index (χ1) is 13.2. The molecule has 0 radical (unpaired) electrons. The van der Waals surface area contributed by atoms with Crippen molar-refractivity contribution >= 4 is 11.6 Å². The van der Waals surface area contributed by atoms with Crippen molar-refractivity contribution in [3.8, 4) is 0 Å². The number of fused-ring (bicyclic) bond motifs is 2. The molecule has 0 spiro atoms. The summed E-state index contributed by atoms with van der Waals surface area (Å²) in [5.74, 6) is 0.655. The Morgan fingerprint density at radius 1 is 1.26 bits per heavy atom. The van der Waals surface area contributed by atoms with E-state index in [9.17, 15) is 9.90 Å². The topological polar surface area (TPSA) is 61.1 Å². The van der Waals surface area contributed by atoms with E-state index in [1.165, 1.54) is 12.8 Å². The molecule has 2 atom stereocenters. The first-order valence-electron chi connectivity index (χ1n) is 10.3. The highest BCUT2D eigenvalue weighted by Gasteiger charge is 2.49. The van der Waals surface area contributed by atoms with Crippen molar-refractivity contribution in [3.63, 3.8) is 0 Å². The van der Waals surface area contributed by atoms with Crippen molar-refractivity contribution in [1.82, 2.24) is 19.2 Å². The third kappa shape index (κ3) is 2.77. The minimum absolute atomic E-state index is 0.0691. The van der Waals surface area contributed by atoms with Gasteiger partial charge in [0.15, 0.2) is 5.69 Å². The number of carbonyl (C=O) groups excluding carboxylic acids is 1. The van der Waals surface area contributed by atoms with Crippen LogP contribution in [0.4, 0.5) is 0 Å². The first kappa shape index (κ1) is 17.2. The second kappa shape index (κ2) is 6.60. The predicted molar refractivity (Wildman–Crippen MR) is 102 cm³/mol. The summed E-state index contributed by atoms with van der Waals surface area (Å²) in [6.45, 7) is 4.61. The molecule has 0 bridgehead atoms. The van der Waals surface area contributed by atoms with Gasteiger partial charge in [0.25, 0.3) is 5.91 Å². The van der Waals surface area contributed by atoms with Crippen LogP contribution >= 0.6 is 0 Å². The van der Waals surface area contributed by atoms with Crippen LogP contribution in [0.25, 0.3) is 5.65 Å². The number of aliphatic hydroxyl groups is 1. The number of carbonyl (C=O) groups is 1. The van der Waals surface area contributed by atoms with Crippen LogP contribution in [0.5, 0.6) is 0 Å². The number of aromatic nitrogens is 2. The summed E-state index contributed by atoms with van der Waals surface area (Å²) in [4.78, 5) is 22.2. The van der Waals surface area contributed by atoms with Crippen LogP contribution in [-0.4, -0.2) is 63.0 Å². The number of rotatable bonds is 4. The van der Waals surface area contributed by atoms with Gasteiger partial charge in [-0.2, -0.15) is 0 Å². The van der Waals surface area contributed by atoms with Gasteiger partial charge in [-0.3, -0.25) is 9.69 Å². The van der Waals surface area contributed by atoms with E-state index in [4.69, 9.17) is 4.98 Å². The van der Waals surface area contributed by atoms with Gasteiger partial charge < -0.3 is 14.4 Å². The molecule has 0 aromatic carbocycles. The van der Waals surface area contributed by atoms with Gasteiger partial charge >= 0.3 is 0 Å². The Kier molecular flexibility index (Phi) is 4.20. The number of nitrogens with zero attached hydrogens (tertiary/aromatic N) is 4. The summed E-state index contributed by atoms with van der Waals surface area (Å²) >= 11 is 0. The molecule has 1 amide bonds. The van der Waals surface area contributed by atoms with Crippen molar-refractivity contribution in [3.05, 3.63) is 35.8 Å². The van der Waals surface area contributed by atoms with E-state index in [1.807, 2.05) is 29.3 Å². The van der Waals surface area contributed by atoms with E-state index in [0.29, 0.717) is 11.6 Å². The van der Waals surface area contributed by atoms with Gasteiger partial charge in [0.2, 0.25) is 0 Å². The van der Waals surface area contributed by atoms with Crippen LogP contribution in [0.1, 0.15) is 48.3 Å². The molecular weight excluding hydrogens is 340 g/mol. The first-order valence-corrected chi connectivity index (χ1v) is 10.3. The molecule has 1 N–H and O–H groups in total. The van der Waals surface area contributed by atoms with Crippen molar-refractivity contribution in [2.24, 2.45) is 11.3 Å². The molecule has 2 aromatic rings. The molecule has 5 rings (SSSR count). The standard InChI is InChI=1S/C21H28N4O2/c26-15-21-8-5-6-16(21)12-23(14-21)13-17-19(20(27)24-9-3-4-10-24)22-18-7-1-2-11-25(17)18/h1-2,7,11,16,26H,3-6,8-10,12-15H2/t16-,21+/m1/s1. The Morgan fingerprint density at radius 2 is 2.11 bits per heavy atom. The molecular formula is C21H28N4O2. The Hall–Kier alpha value is -1.92. The molecule has 2 aliphatic heterocycles. The average molecular weight is 368 g/mol. The van der Waals surface area contributed by atoms with Gasteiger partial charge in [0.1, 0.15) is 5.65 Å². The van der Waals surface area contributed by atoms with E-state index < -0.39 is 0 Å². The zero-order valence-corrected chi connectivity index (χ0v) is 15.8. The lowest BCUT2D eigenvalue weighted by atomic mass is 9.82. The Labute approximate surface area is 159 Å². The highest BCUT2D eigenvalue weighted by molar-refractivity contribution is 5.94. The fourth-order valence-corrected chi connectivity index (χ4v) is 5.55. The highest BCUT2D eigenvalue weighted by Crippen LogP contribution is 2.48. The lowest BCUT2D eigenvalue weighted by Crippen LogP contribution is -2.32. The van der Waals surface area contributed by atoms with Crippen LogP contribution in [0.15, 0.2) is 24.4 Å². The van der Waals surface area contributed by atoms with Gasteiger partial charge in [-0.05, 0) is 43.7 Å². The minimum atomic E-state index is 0.0691. The van der Waals surface area contributed by atoms with Gasteiger partial charge in [0.05, 0.1) is 12.3 Å². The number of pyridine rings is 1. The number of amides is 1. The van der Waals surface area contributed by atoms with Crippen LogP contribution in [0.2, 0.25) is 0 Å². The third-order valence-corrected chi connectivity index (χ3v) is 7.02. The maximum Gasteiger partial charge on any atom is 0.274 e. The van der Waals surface area contributed by atoms with Gasteiger partial charge in [0, 0.05) is 44.3 Å². The minimum Gasteiger partial charge on any atom is -0.396 e. The highest BCUT2D eigenvalue weighted by atomic mass is 16.3. The second-order valence-corrected chi connectivity index (χ2v) is 8.61. The monoisotopic (exact) mass is 368 g/mol. The smallest absolute Gasteiger partial charge is 0.274 e. The van der Waals surface area contributed by atoms with Crippen molar-refractivity contribution in [2.75, 3.05) is 32.8 Å². The van der Waals surface area contributed by atoms with E-state index in [0.717, 1.165) is 63.3 Å². The molecule has 3 fully saturated rings. The summed E-state index contributed by atoms with van der Waals surface area (Å²) in [7, 11) is 0. The molecule has 0 unspecified atom stereocenters. The fourth-order valence-electron chi connectivity index (χ4n) is 5.55. The maximum atomic E-state index is 13.1. The van der Waals surface area contributed by atoms with Crippen molar-refractivity contribution in [1.29, 1.82) is 0 Å². The fraction of sp³-hybridized carbons (Fsp3) is 0.619. The molecule has 2 saturated heterocycles. The number of likely N-dealkylation sites (tertiary alicyclic amines) is 2. The van der Waals surface area contributed by atoms with Gasteiger partial charge in [-0.15, -0.1) is 0 Å². The Bertz CT molecular complexity index is 857. The molecule has 6 nitrogen and oxygen atoms in total. The van der Waals surface area contributed by atoms with E-state index in [-0.39, 0.29) is 17.9 Å². The van der Waals surface area contributed by atoms with E-state index in [1.54, 1.807) is 0 Å². The summed E-state index contributed by atoms with van der Waals surface area (Å²) in [5.41, 5.74) is 2.51. The van der Waals surface area contributed by atoms with Crippen molar-refractivity contribution < 1.29 is 9.90 Å². The summed E-state index contributed by atoms with van der Waals surface area (Å²) in [6, 6.07) is 5.94. The van der Waals surface area contributed by atoms with Crippen LogP contribution < -0.4 is 0 Å². The predicted octanol–water partition coefficient (Wildman–Crippen LogP) is 2.16. The molecule has 4 heterocycles. The molecule has 144 valence electrons. The summed E-state index contributed by atoms with van der Waals surface area (Å²) < 4.78 is 2.07. The van der Waals surface area contributed by atoms with Crippen LogP contribution in [0, 0.1) is 11.3 Å². The SMILES string of the molecule is O=C(c1nc2ccccn2c1CN1C[C@H]2CCC[C@@]2(CO)C1)N1CCCC1. The lowest BCUT2D eigenvalue weighted by molar-refractivity contribution is 0.0784. The van der Waals surface area contributed by atoms with Crippen molar-refractivity contribution in [2.45, 2.75) is 38.6 Å². The van der Waals surface area contributed by atoms with Crippen LogP contribution in [0.3, 0.4) is 0 Å². The molecule has 6 heteroatoms. The zero-order chi connectivity index (χ0) is 18.4. The summed E-state index contributed by atoms with van der Waals surface area (Å²) in [6.07, 6.45) is 7.74. The van der Waals surface area contributed by atoms with Gasteiger partial charge in [-0.1, -0.05) is 12.5 Å². The third-order valence-electron chi connectivity index (χ3n) is 7.02. The number of hydrogen-bond acceptors (Lipinski definition) is 4. The van der Waals surface area contributed by atoms with Gasteiger partial charge in [-0.25, -0.2) is 4.98 Å². The number of aliphatic hydroxyl groups excluding tert-OH is 1. The normalized spacial score (nSPS) is 28.3. The lowest BCUT2D eigenvalue weighted by Gasteiger charge is -2.26.